The SMILES string of the molecule is C=C(Nc1cc2cc(-c3cnc(C)s3)cnc2cn1)c1ccnc(N2CCN(C)CC2)c1. The molecule has 1 fully saturated rings. The molecule has 0 bridgehead atoms. The number of nitrogens with zero attached hydrogens (tertiary/aromatic N) is 6. The lowest BCUT2D eigenvalue weighted by Crippen LogP contribution is -2.44. The summed E-state index contributed by atoms with van der Waals surface area (Å²) in [4.78, 5) is 23.8. The number of likely N-dealkylation sites (N-methyl/N-ethyl adjacent to an activating group) is 1. The Morgan fingerprint density at radius 2 is 1.84 bits per heavy atom. The zero-order valence-corrected chi connectivity index (χ0v) is 19.1. The molecule has 0 aromatic carbocycles. The Bertz CT molecular complexity index is 1270. The summed E-state index contributed by atoms with van der Waals surface area (Å²) in [6.07, 6.45) is 7.40. The number of thiazole rings is 1. The minimum absolute atomic E-state index is 0.736. The molecule has 7 nitrogen and oxygen atoms in total. The third-order valence-electron chi connectivity index (χ3n) is 5.67. The van der Waals surface area contributed by atoms with E-state index in [9.17, 15) is 0 Å². The highest BCUT2D eigenvalue weighted by Gasteiger charge is 2.16. The Morgan fingerprint density at radius 1 is 1.00 bits per heavy atom. The number of hydrogen-bond acceptors (Lipinski definition) is 8. The number of anilines is 2. The Labute approximate surface area is 191 Å². The number of pyridine rings is 3. The Balaban J connectivity index is 1.36. The number of fused-ring (bicyclic) bond motifs is 1. The summed E-state index contributed by atoms with van der Waals surface area (Å²) >= 11 is 1.67. The molecule has 5 heterocycles. The normalized spacial score (nSPS) is 14.6. The molecule has 162 valence electrons. The molecule has 1 N–H and O–H groups in total. The van der Waals surface area contributed by atoms with Gasteiger partial charge in [-0.15, -0.1) is 11.3 Å². The van der Waals surface area contributed by atoms with E-state index >= 15 is 0 Å². The molecule has 0 saturated carbocycles. The molecule has 1 saturated heterocycles. The maximum Gasteiger partial charge on any atom is 0.131 e. The molecule has 0 unspecified atom stereocenters. The van der Waals surface area contributed by atoms with E-state index in [-0.39, 0.29) is 0 Å². The van der Waals surface area contributed by atoms with E-state index in [1.165, 1.54) is 0 Å². The van der Waals surface area contributed by atoms with E-state index in [1.807, 2.05) is 37.6 Å². The topological polar surface area (TPSA) is 70.1 Å². The molecule has 0 aliphatic carbocycles. The van der Waals surface area contributed by atoms with E-state index in [0.29, 0.717) is 0 Å². The number of aromatic nitrogens is 4. The van der Waals surface area contributed by atoms with Crippen LogP contribution in [0.15, 0.2) is 55.6 Å². The van der Waals surface area contributed by atoms with Gasteiger partial charge in [0, 0.05) is 67.0 Å². The minimum Gasteiger partial charge on any atom is -0.354 e. The molecule has 1 aliphatic rings. The fourth-order valence-corrected chi connectivity index (χ4v) is 4.53. The standard InChI is InChI=1S/C24H25N7S/c1-16(18-4-5-25-24(12-18)31-8-6-30(3)7-9-31)29-23-11-19-10-20(13-27-21(19)14-28-23)22-15-26-17(2)32-22/h4-5,10-15H,1,6-9H2,2-3H3,(H,28,29). The lowest BCUT2D eigenvalue weighted by atomic mass is 10.1. The first kappa shape index (κ1) is 20.5. The second-order valence-corrected chi connectivity index (χ2v) is 9.26. The van der Waals surface area contributed by atoms with Crippen LogP contribution < -0.4 is 10.2 Å². The van der Waals surface area contributed by atoms with Gasteiger partial charge >= 0.3 is 0 Å². The summed E-state index contributed by atoms with van der Waals surface area (Å²) in [6.45, 7) is 10.3. The van der Waals surface area contributed by atoms with E-state index in [2.05, 4.69) is 60.8 Å². The van der Waals surface area contributed by atoms with Crippen LogP contribution in [0.3, 0.4) is 0 Å². The van der Waals surface area contributed by atoms with Crippen molar-refractivity contribution in [2.45, 2.75) is 6.92 Å². The summed E-state index contributed by atoms with van der Waals surface area (Å²) in [5.41, 5.74) is 3.71. The van der Waals surface area contributed by atoms with E-state index < -0.39 is 0 Å². The molecule has 32 heavy (non-hydrogen) atoms. The van der Waals surface area contributed by atoms with Gasteiger partial charge in [0.05, 0.1) is 21.6 Å². The molecule has 4 aromatic rings. The lowest BCUT2D eigenvalue weighted by molar-refractivity contribution is 0.312. The van der Waals surface area contributed by atoms with Crippen LogP contribution in [0.1, 0.15) is 10.6 Å². The first-order chi connectivity index (χ1) is 15.5. The average molecular weight is 444 g/mol. The number of rotatable bonds is 5. The van der Waals surface area contributed by atoms with Crippen LogP contribution in [0.5, 0.6) is 0 Å². The Morgan fingerprint density at radius 3 is 2.62 bits per heavy atom. The van der Waals surface area contributed by atoms with Crippen molar-refractivity contribution >= 4 is 39.6 Å². The summed E-state index contributed by atoms with van der Waals surface area (Å²) < 4.78 is 0. The van der Waals surface area contributed by atoms with Crippen molar-refractivity contribution < 1.29 is 0 Å². The number of nitrogens with one attached hydrogen (secondary N) is 1. The maximum atomic E-state index is 4.57. The molecule has 5 rings (SSSR count). The fraction of sp³-hybridized carbons (Fsp3) is 0.250. The summed E-state index contributed by atoms with van der Waals surface area (Å²) in [7, 11) is 2.15. The molecular formula is C24H25N7S. The van der Waals surface area contributed by atoms with Gasteiger partial charge in [0.15, 0.2) is 0 Å². The van der Waals surface area contributed by atoms with Crippen molar-refractivity contribution in [1.29, 1.82) is 0 Å². The van der Waals surface area contributed by atoms with Crippen LogP contribution in [-0.2, 0) is 0 Å². The molecular weight excluding hydrogens is 418 g/mol. The van der Waals surface area contributed by atoms with E-state index in [1.54, 1.807) is 17.5 Å². The zero-order chi connectivity index (χ0) is 22.1. The maximum absolute atomic E-state index is 4.57. The molecule has 8 heteroatoms. The van der Waals surface area contributed by atoms with Crippen LogP contribution >= 0.6 is 11.3 Å². The highest BCUT2D eigenvalue weighted by Crippen LogP contribution is 2.28. The van der Waals surface area contributed by atoms with Gasteiger partial charge in [-0.1, -0.05) is 6.58 Å². The van der Waals surface area contributed by atoms with Crippen molar-refractivity contribution in [2.75, 3.05) is 43.4 Å². The smallest absolute Gasteiger partial charge is 0.131 e. The zero-order valence-electron chi connectivity index (χ0n) is 18.2. The van der Waals surface area contributed by atoms with Crippen LogP contribution in [0.4, 0.5) is 11.6 Å². The molecule has 0 spiro atoms. The van der Waals surface area contributed by atoms with Crippen molar-refractivity contribution in [3.05, 3.63) is 66.2 Å². The van der Waals surface area contributed by atoms with Gasteiger partial charge in [-0.05, 0) is 38.2 Å². The second-order valence-electron chi connectivity index (χ2n) is 8.03. The van der Waals surface area contributed by atoms with Crippen molar-refractivity contribution in [3.8, 4) is 10.4 Å². The Hall–Kier alpha value is -3.36. The van der Waals surface area contributed by atoms with Crippen molar-refractivity contribution in [1.82, 2.24) is 24.8 Å². The van der Waals surface area contributed by atoms with Gasteiger partial charge in [0.2, 0.25) is 0 Å². The first-order valence-corrected chi connectivity index (χ1v) is 11.4. The van der Waals surface area contributed by atoms with Crippen LogP contribution in [0, 0.1) is 6.92 Å². The quantitative estimate of drug-likeness (QED) is 0.493. The predicted octanol–water partition coefficient (Wildman–Crippen LogP) is 4.29. The van der Waals surface area contributed by atoms with Gasteiger partial charge < -0.3 is 15.1 Å². The number of hydrogen-bond donors (Lipinski definition) is 1. The molecule has 0 radical (unpaired) electrons. The van der Waals surface area contributed by atoms with Crippen molar-refractivity contribution in [2.24, 2.45) is 0 Å². The third kappa shape index (κ3) is 4.32. The average Bonchev–Trinajstić information content (AvgIpc) is 3.25. The predicted molar refractivity (Wildman–Crippen MR) is 132 cm³/mol. The monoisotopic (exact) mass is 443 g/mol. The van der Waals surface area contributed by atoms with Gasteiger partial charge in [0.1, 0.15) is 11.6 Å². The molecule has 0 atom stereocenters. The second kappa shape index (κ2) is 8.64. The first-order valence-electron chi connectivity index (χ1n) is 10.6. The summed E-state index contributed by atoms with van der Waals surface area (Å²) in [5.74, 6) is 1.72. The third-order valence-corrected chi connectivity index (χ3v) is 6.64. The van der Waals surface area contributed by atoms with Crippen LogP contribution in [0.25, 0.3) is 27.0 Å². The molecule has 0 amide bonds. The van der Waals surface area contributed by atoms with E-state index in [4.69, 9.17) is 0 Å². The lowest BCUT2D eigenvalue weighted by Gasteiger charge is -2.33. The van der Waals surface area contributed by atoms with Gasteiger partial charge in [-0.3, -0.25) is 4.98 Å². The number of piperazine rings is 1. The fourth-order valence-electron chi connectivity index (χ4n) is 3.77. The minimum atomic E-state index is 0.736. The van der Waals surface area contributed by atoms with Crippen LogP contribution in [-0.4, -0.2) is 58.1 Å². The Kier molecular flexibility index (Phi) is 5.55. The highest BCUT2D eigenvalue weighted by atomic mass is 32.1. The summed E-state index contributed by atoms with van der Waals surface area (Å²) in [5, 5.41) is 5.42. The van der Waals surface area contributed by atoms with Gasteiger partial charge in [-0.2, -0.15) is 0 Å². The molecule has 1 aliphatic heterocycles. The summed E-state index contributed by atoms with van der Waals surface area (Å²) in [6, 6.07) is 8.20. The van der Waals surface area contributed by atoms with E-state index in [0.717, 1.165) is 75.4 Å². The van der Waals surface area contributed by atoms with Gasteiger partial charge in [-0.25, -0.2) is 15.0 Å². The molecule has 4 aromatic heterocycles. The largest absolute Gasteiger partial charge is 0.354 e. The number of aryl methyl sites for hydroxylation is 1. The van der Waals surface area contributed by atoms with Crippen molar-refractivity contribution in [3.63, 3.8) is 0 Å². The van der Waals surface area contributed by atoms with Crippen LogP contribution in [0.2, 0.25) is 0 Å². The van der Waals surface area contributed by atoms with Gasteiger partial charge in [0.25, 0.3) is 0 Å². The highest BCUT2D eigenvalue weighted by molar-refractivity contribution is 7.15.